The summed E-state index contributed by atoms with van der Waals surface area (Å²) in [6.45, 7) is 24.4. The number of ether oxygens (including phenoxy) is 1. The van der Waals surface area contributed by atoms with E-state index in [-0.39, 0.29) is 17.7 Å². The van der Waals surface area contributed by atoms with E-state index in [9.17, 15) is 5.11 Å². The number of likely N-dealkylation sites (tertiary alicyclic amines) is 1. The van der Waals surface area contributed by atoms with Crippen LogP contribution in [0.15, 0.2) is 16.9 Å². The van der Waals surface area contributed by atoms with Crippen LogP contribution in [0.3, 0.4) is 0 Å². The molecule has 7 nitrogen and oxygen atoms in total. The van der Waals surface area contributed by atoms with Crippen molar-refractivity contribution >= 4 is 34.4 Å². The van der Waals surface area contributed by atoms with Gasteiger partial charge in [-0.25, -0.2) is 0 Å². The highest BCUT2D eigenvalue weighted by Gasteiger charge is 2.55. The lowest BCUT2D eigenvalue weighted by Crippen LogP contribution is -2.62. The normalized spacial score (nSPS) is 22.2. The summed E-state index contributed by atoms with van der Waals surface area (Å²) in [6.07, 6.45) is 13.9. The van der Waals surface area contributed by atoms with Crippen LogP contribution in [0.25, 0.3) is 0 Å². The van der Waals surface area contributed by atoms with Gasteiger partial charge in [0.2, 0.25) is 0 Å². The number of rotatable bonds is 10. The highest BCUT2D eigenvalue weighted by Crippen LogP contribution is 2.56. The number of unbranched alkanes of at least 4 members (excludes halogenated alkanes) is 1. The molecule has 43 heavy (non-hydrogen) atoms. The molecule has 2 aliphatic carbocycles. The number of thiol groups is 1. The molecule has 3 heterocycles. The van der Waals surface area contributed by atoms with Gasteiger partial charge in [0.1, 0.15) is 5.60 Å². The Balaban J connectivity index is 0.000000953. The molecule has 1 aromatic heterocycles. The molecule has 5 rings (SSSR count). The number of aromatic nitrogens is 2. The molecular formula is C34H62BrN5O2S. The lowest BCUT2D eigenvalue weighted by atomic mass is 9.60. The minimum atomic E-state index is -0.199. The van der Waals surface area contributed by atoms with Crippen LogP contribution in [0.1, 0.15) is 117 Å². The predicted octanol–water partition coefficient (Wildman–Crippen LogP) is 7.83. The van der Waals surface area contributed by atoms with Crippen LogP contribution in [0.5, 0.6) is 0 Å². The molecule has 0 aromatic carbocycles. The molecule has 1 atom stereocenters. The summed E-state index contributed by atoms with van der Waals surface area (Å²) < 4.78 is 9.51. The van der Waals surface area contributed by atoms with Crippen molar-refractivity contribution in [2.45, 2.75) is 136 Å². The Bertz CT molecular complexity index is 1020. The van der Waals surface area contributed by atoms with Crippen molar-refractivity contribution in [1.82, 2.24) is 19.6 Å². The number of aliphatic hydroxyl groups excluding tert-OH is 1. The second-order valence-corrected chi connectivity index (χ2v) is 15.2. The lowest BCUT2D eigenvalue weighted by Gasteiger charge is -2.60. The van der Waals surface area contributed by atoms with Crippen LogP contribution in [-0.2, 0) is 4.74 Å². The maximum Gasteiger partial charge on any atom is 0.182 e. The standard InChI is InChI=1S/C30H50BrN5O2.C3H8.CH4S/c1-7-8-13-33(15-16-37)24-10-14-35(30(19-24)11-9-12-30)27-26(31)22(2)36(32-27)25-17-29(18-25)20-34(21-29)23(3)38-28(4,5)6;1-3-2;1-2/h24-25,37H,3,7-21H2,1-2,4-6H3;3H2,1-2H3;2H,1H3. The topological polar surface area (TPSA) is 57.0 Å². The first-order valence-corrected chi connectivity index (χ1v) is 18.5. The van der Waals surface area contributed by atoms with Gasteiger partial charge in [-0.15, -0.1) is 0 Å². The van der Waals surface area contributed by atoms with Crippen molar-refractivity contribution in [3.05, 3.63) is 22.6 Å². The monoisotopic (exact) mass is 683 g/mol. The van der Waals surface area contributed by atoms with Gasteiger partial charge < -0.3 is 19.6 Å². The maximum atomic E-state index is 9.71. The fraction of sp³-hybridized carbons (Fsp3) is 0.853. The number of halogens is 1. The van der Waals surface area contributed by atoms with Crippen LogP contribution in [0.2, 0.25) is 0 Å². The highest BCUT2D eigenvalue weighted by molar-refractivity contribution is 9.10. The minimum Gasteiger partial charge on any atom is -0.474 e. The van der Waals surface area contributed by atoms with Crippen molar-refractivity contribution in [3.63, 3.8) is 0 Å². The molecule has 4 aliphatic rings. The second-order valence-electron chi connectivity index (χ2n) is 14.4. The first kappa shape index (κ1) is 36.6. The predicted molar refractivity (Wildman–Crippen MR) is 188 cm³/mol. The van der Waals surface area contributed by atoms with Crippen molar-refractivity contribution in [3.8, 4) is 0 Å². The largest absolute Gasteiger partial charge is 0.474 e. The van der Waals surface area contributed by atoms with Crippen LogP contribution in [0.4, 0.5) is 5.82 Å². The van der Waals surface area contributed by atoms with E-state index in [1.807, 2.05) is 0 Å². The first-order chi connectivity index (χ1) is 20.4. The van der Waals surface area contributed by atoms with Gasteiger partial charge >= 0.3 is 0 Å². The van der Waals surface area contributed by atoms with Crippen molar-refractivity contribution in [1.29, 1.82) is 0 Å². The van der Waals surface area contributed by atoms with Crippen molar-refractivity contribution < 1.29 is 9.84 Å². The Kier molecular flexibility index (Phi) is 13.3. The van der Waals surface area contributed by atoms with E-state index < -0.39 is 0 Å². The van der Waals surface area contributed by atoms with Crippen molar-refractivity contribution in [2.75, 3.05) is 50.5 Å². The molecule has 1 N–H and O–H groups in total. The summed E-state index contributed by atoms with van der Waals surface area (Å²) in [6, 6.07) is 1.04. The molecule has 248 valence electrons. The summed E-state index contributed by atoms with van der Waals surface area (Å²) in [7, 11) is 0. The van der Waals surface area contributed by atoms with Gasteiger partial charge in [-0.2, -0.15) is 17.7 Å². The molecule has 1 aromatic rings. The first-order valence-electron chi connectivity index (χ1n) is 16.9. The van der Waals surface area contributed by atoms with Crippen LogP contribution >= 0.6 is 28.6 Å². The zero-order chi connectivity index (χ0) is 32.0. The molecule has 0 amide bonds. The van der Waals surface area contributed by atoms with Crippen molar-refractivity contribution in [2.24, 2.45) is 5.41 Å². The Hall–Kier alpha value is -0.900. The van der Waals surface area contributed by atoms with Gasteiger partial charge in [0, 0.05) is 43.2 Å². The molecular weight excluding hydrogens is 622 g/mol. The molecule has 2 aliphatic heterocycles. The minimum absolute atomic E-state index is 0.199. The molecule has 1 unspecified atom stereocenters. The van der Waals surface area contributed by atoms with Gasteiger partial charge in [0.15, 0.2) is 11.7 Å². The number of piperidine rings is 1. The Labute approximate surface area is 277 Å². The molecule has 0 bridgehead atoms. The smallest absolute Gasteiger partial charge is 0.182 e. The third-order valence-electron chi connectivity index (χ3n) is 9.69. The number of aliphatic hydroxyl groups is 1. The van der Waals surface area contributed by atoms with E-state index in [1.54, 1.807) is 6.26 Å². The second kappa shape index (κ2) is 15.6. The Morgan fingerprint density at radius 1 is 1.14 bits per heavy atom. The summed E-state index contributed by atoms with van der Waals surface area (Å²) in [5, 5.41) is 15.0. The number of hydrogen-bond donors (Lipinski definition) is 2. The summed E-state index contributed by atoms with van der Waals surface area (Å²) >= 11 is 7.51. The SMILES string of the molecule is C=C(OC(C)(C)C)N1CC2(CC(n3nc(N4CCC(N(CCO)CCCC)CC45CCC5)c(Br)c3C)C2)C1.CCC.CS. The van der Waals surface area contributed by atoms with E-state index >= 15 is 0 Å². The van der Waals surface area contributed by atoms with Gasteiger partial charge in [-0.05, 0) is 114 Å². The molecule has 9 heteroatoms. The van der Waals surface area contributed by atoms with Gasteiger partial charge in [0.05, 0.1) is 22.8 Å². The zero-order valence-electron chi connectivity index (χ0n) is 28.6. The third kappa shape index (κ3) is 8.28. The average Bonchev–Trinajstić information content (AvgIpc) is 3.18. The van der Waals surface area contributed by atoms with Crippen LogP contribution < -0.4 is 4.90 Å². The van der Waals surface area contributed by atoms with E-state index in [0.29, 0.717) is 17.5 Å². The summed E-state index contributed by atoms with van der Waals surface area (Å²) in [5.74, 6) is 1.97. The molecule has 2 saturated carbocycles. The summed E-state index contributed by atoms with van der Waals surface area (Å²) in [5.41, 5.74) is 1.68. The summed E-state index contributed by atoms with van der Waals surface area (Å²) in [4.78, 5) is 7.52. The molecule has 2 spiro atoms. The average molecular weight is 685 g/mol. The maximum absolute atomic E-state index is 9.71. The Morgan fingerprint density at radius 3 is 2.28 bits per heavy atom. The molecule has 4 fully saturated rings. The van der Waals surface area contributed by atoms with Gasteiger partial charge in [-0.1, -0.05) is 33.6 Å². The fourth-order valence-corrected chi connectivity index (χ4v) is 8.05. The Morgan fingerprint density at radius 2 is 1.77 bits per heavy atom. The van der Waals surface area contributed by atoms with Gasteiger partial charge in [-0.3, -0.25) is 9.58 Å². The van der Waals surface area contributed by atoms with E-state index in [4.69, 9.17) is 9.84 Å². The van der Waals surface area contributed by atoms with Crippen LogP contribution in [-0.4, -0.2) is 87.5 Å². The fourth-order valence-electron chi connectivity index (χ4n) is 7.57. The number of nitrogens with zero attached hydrogens (tertiary/aromatic N) is 5. The van der Waals surface area contributed by atoms with E-state index in [1.165, 1.54) is 68.0 Å². The molecule has 2 saturated heterocycles. The third-order valence-corrected chi connectivity index (χ3v) is 10.6. The number of hydrogen-bond acceptors (Lipinski definition) is 7. The van der Waals surface area contributed by atoms with Gasteiger partial charge in [0.25, 0.3) is 0 Å². The van der Waals surface area contributed by atoms with E-state index in [2.05, 4.69) is 103 Å². The van der Waals surface area contributed by atoms with E-state index in [0.717, 1.165) is 50.8 Å². The zero-order valence-corrected chi connectivity index (χ0v) is 31.1. The lowest BCUT2D eigenvalue weighted by molar-refractivity contribution is -0.116. The quantitative estimate of drug-likeness (QED) is 0.194. The van der Waals surface area contributed by atoms with Crippen LogP contribution in [0, 0.1) is 12.3 Å². The number of anilines is 1. The highest BCUT2D eigenvalue weighted by atomic mass is 79.9. The molecule has 0 radical (unpaired) electrons.